The van der Waals surface area contributed by atoms with Crippen molar-refractivity contribution in [1.82, 2.24) is 5.32 Å². The average Bonchev–Trinajstić information content (AvgIpc) is 2.38. The van der Waals surface area contributed by atoms with Gasteiger partial charge in [-0.15, -0.1) is 12.6 Å². The van der Waals surface area contributed by atoms with Crippen LogP contribution >= 0.6 is 44.5 Å². The summed E-state index contributed by atoms with van der Waals surface area (Å²) < 4.78 is 1.90. The highest BCUT2D eigenvalue weighted by Gasteiger charge is 2.14. The molecule has 2 aromatic rings. The van der Waals surface area contributed by atoms with Gasteiger partial charge in [0, 0.05) is 13.8 Å². The third kappa shape index (κ3) is 3.87. The first-order valence-electron chi connectivity index (χ1n) is 6.02. The lowest BCUT2D eigenvalue weighted by atomic mass is 10.1. The maximum absolute atomic E-state index is 12.3. The molecule has 0 fully saturated rings. The van der Waals surface area contributed by atoms with Gasteiger partial charge in [-0.2, -0.15) is 0 Å². The second-order valence-electron chi connectivity index (χ2n) is 4.41. The Morgan fingerprint density at radius 1 is 1.15 bits per heavy atom. The van der Waals surface area contributed by atoms with Crippen LogP contribution in [0, 0.1) is 0 Å². The summed E-state index contributed by atoms with van der Waals surface area (Å²) in [5, 5.41) is 2.98. The van der Waals surface area contributed by atoms with Gasteiger partial charge in [0.15, 0.2) is 0 Å². The first kappa shape index (κ1) is 15.6. The summed E-state index contributed by atoms with van der Waals surface area (Å²) in [6, 6.07) is 13.2. The molecule has 20 heavy (non-hydrogen) atoms. The Hall–Kier alpha value is -0.780. The minimum atomic E-state index is -0.130. The Kier molecular flexibility index (Phi) is 5.29. The van der Waals surface area contributed by atoms with Crippen LogP contribution < -0.4 is 5.32 Å². The number of thiol groups is 1. The number of carbonyl (C=O) groups is 1. The fourth-order valence-corrected chi connectivity index (χ4v) is 3.10. The minimum absolute atomic E-state index is 0.0728. The molecule has 0 heterocycles. The number of benzene rings is 2. The van der Waals surface area contributed by atoms with E-state index in [0.29, 0.717) is 10.5 Å². The van der Waals surface area contributed by atoms with E-state index in [2.05, 4.69) is 49.8 Å². The highest BCUT2D eigenvalue weighted by Crippen LogP contribution is 2.22. The number of rotatable bonds is 3. The Morgan fingerprint density at radius 2 is 1.85 bits per heavy atom. The van der Waals surface area contributed by atoms with Crippen LogP contribution in [0.15, 0.2) is 56.3 Å². The van der Waals surface area contributed by atoms with Crippen molar-refractivity contribution in [1.29, 1.82) is 0 Å². The third-order valence-corrected chi connectivity index (χ3v) is 4.26. The molecule has 5 heteroatoms. The normalized spacial score (nSPS) is 12.0. The summed E-state index contributed by atoms with van der Waals surface area (Å²) in [7, 11) is 0. The monoisotopic (exact) mass is 413 g/mol. The first-order chi connectivity index (χ1) is 9.47. The molecular weight excluding hydrogens is 402 g/mol. The van der Waals surface area contributed by atoms with Gasteiger partial charge in [0.2, 0.25) is 0 Å². The van der Waals surface area contributed by atoms with Gasteiger partial charge in [0.05, 0.1) is 11.6 Å². The quantitative estimate of drug-likeness (QED) is 0.680. The largest absolute Gasteiger partial charge is 0.345 e. The van der Waals surface area contributed by atoms with E-state index in [9.17, 15) is 4.79 Å². The SMILES string of the molecule is CC(NC(=O)c1ccc(Br)cc1S)c1cccc(Br)c1. The molecule has 1 amide bonds. The zero-order chi connectivity index (χ0) is 14.7. The average molecular weight is 415 g/mol. The molecule has 2 rings (SSSR count). The highest BCUT2D eigenvalue weighted by molar-refractivity contribution is 9.10. The van der Waals surface area contributed by atoms with E-state index in [4.69, 9.17) is 0 Å². The van der Waals surface area contributed by atoms with Gasteiger partial charge in [0.1, 0.15) is 0 Å². The zero-order valence-corrected chi connectivity index (χ0v) is 14.8. The first-order valence-corrected chi connectivity index (χ1v) is 8.05. The molecule has 0 saturated carbocycles. The molecule has 2 nitrogen and oxygen atoms in total. The number of halogens is 2. The van der Waals surface area contributed by atoms with Crippen molar-refractivity contribution in [2.75, 3.05) is 0 Å². The summed E-state index contributed by atoms with van der Waals surface area (Å²) >= 11 is 11.1. The lowest BCUT2D eigenvalue weighted by molar-refractivity contribution is 0.0937. The van der Waals surface area contributed by atoms with Crippen LogP contribution in [0.25, 0.3) is 0 Å². The number of amides is 1. The van der Waals surface area contributed by atoms with Gasteiger partial charge < -0.3 is 5.32 Å². The summed E-state index contributed by atoms with van der Waals surface area (Å²) in [4.78, 5) is 12.9. The minimum Gasteiger partial charge on any atom is -0.345 e. The Morgan fingerprint density at radius 3 is 2.50 bits per heavy atom. The molecule has 0 spiro atoms. The van der Waals surface area contributed by atoms with Crippen molar-refractivity contribution in [2.24, 2.45) is 0 Å². The lowest BCUT2D eigenvalue weighted by Crippen LogP contribution is -2.27. The van der Waals surface area contributed by atoms with Gasteiger partial charge in [-0.1, -0.05) is 44.0 Å². The second kappa shape index (κ2) is 6.78. The van der Waals surface area contributed by atoms with Crippen LogP contribution in [0.3, 0.4) is 0 Å². The smallest absolute Gasteiger partial charge is 0.252 e. The maximum atomic E-state index is 12.3. The lowest BCUT2D eigenvalue weighted by Gasteiger charge is -2.15. The van der Waals surface area contributed by atoms with E-state index in [1.165, 1.54) is 0 Å². The second-order valence-corrected chi connectivity index (χ2v) is 6.72. The molecule has 2 aromatic carbocycles. The number of hydrogen-bond acceptors (Lipinski definition) is 2. The molecule has 0 saturated heterocycles. The van der Waals surface area contributed by atoms with Gasteiger partial charge in [-0.25, -0.2) is 0 Å². The van der Waals surface area contributed by atoms with Crippen LogP contribution in [0.5, 0.6) is 0 Å². The molecular formula is C15H13Br2NOS. The molecule has 1 unspecified atom stereocenters. The van der Waals surface area contributed by atoms with E-state index in [1.54, 1.807) is 6.07 Å². The van der Waals surface area contributed by atoms with Crippen molar-refractivity contribution < 1.29 is 4.79 Å². The Labute approximate surface area is 140 Å². The zero-order valence-electron chi connectivity index (χ0n) is 10.7. The van der Waals surface area contributed by atoms with Crippen molar-refractivity contribution >= 4 is 50.4 Å². The predicted octanol–water partition coefficient (Wildman–Crippen LogP) is 4.99. The van der Waals surface area contributed by atoms with Crippen LogP contribution in [0.1, 0.15) is 28.9 Å². The maximum Gasteiger partial charge on any atom is 0.252 e. The van der Waals surface area contributed by atoms with E-state index in [-0.39, 0.29) is 11.9 Å². The number of nitrogens with one attached hydrogen (secondary N) is 1. The summed E-state index contributed by atoms with van der Waals surface area (Å²) in [5.41, 5.74) is 1.61. The van der Waals surface area contributed by atoms with Crippen LogP contribution in [0.4, 0.5) is 0 Å². The molecule has 0 radical (unpaired) electrons. The van der Waals surface area contributed by atoms with E-state index in [0.717, 1.165) is 14.5 Å². The van der Waals surface area contributed by atoms with Crippen LogP contribution in [0.2, 0.25) is 0 Å². The van der Waals surface area contributed by atoms with Crippen molar-refractivity contribution in [2.45, 2.75) is 17.9 Å². The molecule has 0 aromatic heterocycles. The van der Waals surface area contributed by atoms with Crippen molar-refractivity contribution in [3.63, 3.8) is 0 Å². The molecule has 0 bridgehead atoms. The van der Waals surface area contributed by atoms with Gasteiger partial charge in [-0.3, -0.25) is 4.79 Å². The fraction of sp³-hybridized carbons (Fsp3) is 0.133. The van der Waals surface area contributed by atoms with E-state index in [1.807, 2.05) is 43.3 Å². The number of hydrogen-bond donors (Lipinski definition) is 2. The number of carbonyl (C=O) groups excluding carboxylic acids is 1. The topological polar surface area (TPSA) is 29.1 Å². The molecule has 104 valence electrons. The van der Waals surface area contributed by atoms with Crippen LogP contribution in [-0.4, -0.2) is 5.91 Å². The third-order valence-electron chi connectivity index (χ3n) is 2.90. The summed E-state index contributed by atoms with van der Waals surface area (Å²) in [5.74, 6) is -0.130. The highest BCUT2D eigenvalue weighted by atomic mass is 79.9. The van der Waals surface area contributed by atoms with E-state index >= 15 is 0 Å². The standard InChI is InChI=1S/C15H13Br2NOS/c1-9(10-3-2-4-11(16)7-10)18-15(19)13-6-5-12(17)8-14(13)20/h2-9,20H,1H3,(H,18,19). The molecule has 0 aliphatic carbocycles. The Bertz CT molecular complexity index is 646. The summed E-state index contributed by atoms with van der Waals surface area (Å²) in [6.07, 6.45) is 0. The molecule has 1 atom stereocenters. The predicted molar refractivity (Wildman–Crippen MR) is 91.4 cm³/mol. The van der Waals surface area contributed by atoms with Gasteiger partial charge in [-0.05, 0) is 42.8 Å². The molecule has 0 aliphatic rings. The van der Waals surface area contributed by atoms with E-state index < -0.39 is 0 Å². The van der Waals surface area contributed by atoms with Gasteiger partial charge >= 0.3 is 0 Å². The van der Waals surface area contributed by atoms with Gasteiger partial charge in [0.25, 0.3) is 5.91 Å². The Balaban J connectivity index is 2.15. The van der Waals surface area contributed by atoms with Crippen LogP contribution in [-0.2, 0) is 0 Å². The fourth-order valence-electron chi connectivity index (χ4n) is 1.83. The molecule has 0 aliphatic heterocycles. The van der Waals surface area contributed by atoms with Crippen molar-refractivity contribution in [3.8, 4) is 0 Å². The van der Waals surface area contributed by atoms with Crippen molar-refractivity contribution in [3.05, 3.63) is 62.5 Å². The molecule has 1 N–H and O–H groups in total. The summed E-state index contributed by atoms with van der Waals surface area (Å²) in [6.45, 7) is 1.96.